The zero-order valence-corrected chi connectivity index (χ0v) is 20.1. The molecule has 2 fully saturated rings. The van der Waals surface area contributed by atoms with Gasteiger partial charge in [-0.1, -0.05) is 11.6 Å². The van der Waals surface area contributed by atoms with Crippen molar-refractivity contribution in [1.82, 2.24) is 24.5 Å². The van der Waals surface area contributed by atoms with Crippen LogP contribution in [-0.4, -0.2) is 81.1 Å². The molecule has 36 heavy (non-hydrogen) atoms. The van der Waals surface area contributed by atoms with Gasteiger partial charge in [0.15, 0.2) is 17.2 Å². The lowest BCUT2D eigenvalue weighted by atomic mass is 10.1. The molecule has 0 bridgehead atoms. The van der Waals surface area contributed by atoms with Crippen LogP contribution in [0, 0.1) is 22.7 Å². The highest BCUT2D eigenvalue weighted by molar-refractivity contribution is 6.36. The van der Waals surface area contributed by atoms with Crippen molar-refractivity contribution in [3.8, 4) is 12.1 Å². The molecular weight excluding hydrogens is 487 g/mol. The number of nitriles is 2. The molecular formula is C23H24ClFN10O. The Kier molecular flexibility index (Phi) is 6.74. The van der Waals surface area contributed by atoms with Gasteiger partial charge in [0.05, 0.1) is 40.3 Å². The second-order valence-corrected chi connectivity index (χ2v) is 9.26. The number of hydrogen-bond acceptors (Lipinski definition) is 10. The summed E-state index contributed by atoms with van der Waals surface area (Å²) < 4.78 is 14.1. The maximum Gasteiger partial charge on any atom is 0.247 e. The Bertz CT molecular complexity index is 1350. The van der Waals surface area contributed by atoms with Crippen LogP contribution in [0.3, 0.4) is 0 Å². The molecule has 1 atom stereocenters. The van der Waals surface area contributed by atoms with E-state index in [1.54, 1.807) is 12.1 Å². The van der Waals surface area contributed by atoms with Gasteiger partial charge < -0.3 is 20.6 Å². The number of alkyl halides is 1. The average molecular weight is 511 g/mol. The van der Waals surface area contributed by atoms with E-state index in [4.69, 9.17) is 11.6 Å². The van der Waals surface area contributed by atoms with Gasteiger partial charge in [0.1, 0.15) is 12.7 Å². The number of nitrogens with zero attached hydrogens (tertiary/aromatic N) is 8. The number of halogens is 2. The van der Waals surface area contributed by atoms with E-state index in [0.29, 0.717) is 65.6 Å². The van der Waals surface area contributed by atoms with Crippen LogP contribution in [0.4, 0.5) is 27.5 Å². The second-order valence-electron chi connectivity index (χ2n) is 8.88. The first-order valence-corrected chi connectivity index (χ1v) is 12.0. The van der Waals surface area contributed by atoms with Crippen LogP contribution in [0.15, 0.2) is 18.3 Å². The molecule has 3 aromatic rings. The number of anilines is 4. The van der Waals surface area contributed by atoms with E-state index < -0.39 is 12.8 Å². The maximum absolute atomic E-state index is 12.7. The van der Waals surface area contributed by atoms with E-state index >= 15 is 0 Å². The summed E-state index contributed by atoms with van der Waals surface area (Å²) in [5.74, 6) is 0.712. The monoisotopic (exact) mass is 510 g/mol. The Morgan fingerprint density at radius 3 is 2.64 bits per heavy atom. The van der Waals surface area contributed by atoms with E-state index in [1.807, 2.05) is 4.90 Å². The smallest absolute Gasteiger partial charge is 0.247 e. The molecule has 0 radical (unpaired) electrons. The summed E-state index contributed by atoms with van der Waals surface area (Å²) in [7, 11) is 0. The fraction of sp³-hybridized carbons (Fsp3) is 0.435. The van der Waals surface area contributed by atoms with Crippen molar-refractivity contribution < 1.29 is 9.50 Å². The first-order chi connectivity index (χ1) is 17.5. The van der Waals surface area contributed by atoms with Gasteiger partial charge in [-0.15, -0.1) is 5.10 Å². The van der Waals surface area contributed by atoms with Crippen LogP contribution in [0.25, 0.3) is 5.65 Å². The van der Waals surface area contributed by atoms with Gasteiger partial charge in [0.25, 0.3) is 0 Å². The van der Waals surface area contributed by atoms with Crippen LogP contribution in [-0.2, 0) is 0 Å². The van der Waals surface area contributed by atoms with Crippen molar-refractivity contribution >= 4 is 40.4 Å². The topological polar surface area (TPSA) is 141 Å². The van der Waals surface area contributed by atoms with Crippen LogP contribution < -0.4 is 15.5 Å². The predicted molar refractivity (Wildman–Crippen MR) is 132 cm³/mol. The molecule has 1 unspecified atom stereocenters. The van der Waals surface area contributed by atoms with Crippen molar-refractivity contribution in [2.45, 2.75) is 25.0 Å². The van der Waals surface area contributed by atoms with Crippen LogP contribution in [0.1, 0.15) is 24.1 Å². The van der Waals surface area contributed by atoms with E-state index in [9.17, 15) is 20.0 Å². The zero-order valence-electron chi connectivity index (χ0n) is 19.3. The number of rotatable bonds is 8. The molecule has 3 N–H and O–H groups in total. The minimum atomic E-state index is -0.994. The fourth-order valence-corrected chi connectivity index (χ4v) is 4.44. The normalized spacial score (nSPS) is 17.0. The van der Waals surface area contributed by atoms with Crippen LogP contribution in [0.2, 0.25) is 5.02 Å². The first-order valence-electron chi connectivity index (χ1n) is 11.6. The lowest BCUT2D eigenvalue weighted by Gasteiger charge is -2.37. The number of aliphatic hydroxyl groups is 1. The molecule has 0 amide bonds. The van der Waals surface area contributed by atoms with Gasteiger partial charge >= 0.3 is 0 Å². The minimum absolute atomic E-state index is 0.202. The number of imidazole rings is 1. The van der Waals surface area contributed by atoms with Crippen molar-refractivity contribution in [3.63, 3.8) is 0 Å². The van der Waals surface area contributed by atoms with E-state index in [-0.39, 0.29) is 18.2 Å². The third-order valence-electron chi connectivity index (χ3n) is 6.18. The molecule has 1 aromatic carbocycles. The third kappa shape index (κ3) is 4.97. The van der Waals surface area contributed by atoms with Crippen molar-refractivity contribution in [2.24, 2.45) is 0 Å². The SMILES string of the molecule is N#Cc1cc(Nc2nc(NC3CC3)c3ncc(C#N)n3n2)c(Cl)c(N2CCN(CC(O)CF)CC2)c1. The van der Waals surface area contributed by atoms with Gasteiger partial charge in [-0.3, -0.25) is 4.90 Å². The lowest BCUT2D eigenvalue weighted by molar-refractivity contribution is 0.0871. The summed E-state index contributed by atoms with van der Waals surface area (Å²) in [4.78, 5) is 12.9. The number of benzene rings is 1. The summed E-state index contributed by atoms with van der Waals surface area (Å²) in [6, 6.07) is 7.91. The molecule has 0 spiro atoms. The highest BCUT2D eigenvalue weighted by atomic mass is 35.5. The Balaban J connectivity index is 1.43. The van der Waals surface area contributed by atoms with Gasteiger partial charge in [-0.2, -0.15) is 20.0 Å². The summed E-state index contributed by atoms with van der Waals surface area (Å²) in [5, 5.41) is 40.0. The number of aliphatic hydroxyl groups excluding tert-OH is 1. The second kappa shape index (κ2) is 10.1. The molecule has 13 heteroatoms. The Hall–Kier alpha value is -3.71. The largest absolute Gasteiger partial charge is 0.389 e. The Morgan fingerprint density at radius 1 is 1.19 bits per heavy atom. The number of β-amino-alcohol motifs (C(OH)–C–C–N with tert-alkyl or cyclic N) is 1. The zero-order chi connectivity index (χ0) is 25.2. The van der Waals surface area contributed by atoms with Gasteiger partial charge in [-0.25, -0.2) is 9.37 Å². The molecule has 1 aliphatic heterocycles. The standard InChI is InChI=1S/C23H24ClFN10O/c24-20-18(7-14(10-26)8-19(20)34-5-3-33(4-6-34)13-17(36)9-25)30-23-31-21(29-15-1-2-15)22-28-12-16(11-27)35(22)32-23/h7-8,12,15,17,36H,1-6,9,13H2,(H2,29,30,31,32). The third-order valence-corrected chi connectivity index (χ3v) is 6.58. The molecule has 186 valence electrons. The van der Waals surface area contributed by atoms with Crippen LogP contribution >= 0.6 is 11.6 Å². The minimum Gasteiger partial charge on any atom is -0.389 e. The molecule has 3 heterocycles. The lowest BCUT2D eigenvalue weighted by Crippen LogP contribution is -2.49. The molecule has 11 nitrogen and oxygen atoms in total. The highest BCUT2D eigenvalue weighted by Crippen LogP contribution is 2.36. The predicted octanol–water partition coefficient (Wildman–Crippen LogP) is 2.29. The van der Waals surface area contributed by atoms with Gasteiger partial charge in [0.2, 0.25) is 5.95 Å². The highest BCUT2D eigenvalue weighted by Gasteiger charge is 2.25. The van der Waals surface area contributed by atoms with Crippen LogP contribution in [0.5, 0.6) is 0 Å². The molecule has 5 rings (SSSR count). The maximum atomic E-state index is 12.7. The van der Waals surface area contributed by atoms with Crippen molar-refractivity contribution in [1.29, 1.82) is 10.5 Å². The first kappa shape index (κ1) is 24.0. The Labute approximate surface area is 211 Å². The van der Waals surface area contributed by atoms with E-state index in [0.717, 1.165) is 12.8 Å². The fourth-order valence-electron chi connectivity index (χ4n) is 4.16. The molecule has 1 saturated carbocycles. The Morgan fingerprint density at radius 2 is 1.97 bits per heavy atom. The molecule has 2 aromatic heterocycles. The summed E-state index contributed by atoms with van der Waals surface area (Å²) in [5.41, 5.74) is 2.27. The molecule has 1 aliphatic carbocycles. The number of hydrogen-bond donors (Lipinski definition) is 3. The van der Waals surface area contributed by atoms with Crippen molar-refractivity contribution in [2.75, 3.05) is 54.9 Å². The van der Waals surface area contributed by atoms with E-state index in [2.05, 4.69) is 42.7 Å². The summed E-state index contributed by atoms with van der Waals surface area (Å²) in [6.45, 7) is 1.96. The number of fused-ring (bicyclic) bond motifs is 1. The average Bonchev–Trinajstić information content (AvgIpc) is 3.61. The van der Waals surface area contributed by atoms with Crippen molar-refractivity contribution in [3.05, 3.63) is 34.6 Å². The van der Waals surface area contributed by atoms with Gasteiger partial charge in [0, 0.05) is 38.8 Å². The number of nitrogens with one attached hydrogen (secondary N) is 2. The summed E-state index contributed by atoms with van der Waals surface area (Å²) >= 11 is 6.79. The quantitative estimate of drug-likeness (QED) is 0.413. The van der Waals surface area contributed by atoms with Gasteiger partial charge in [-0.05, 0) is 25.0 Å². The number of aromatic nitrogens is 4. The molecule has 1 saturated heterocycles. The number of piperazine rings is 1. The molecule has 2 aliphatic rings. The summed E-state index contributed by atoms with van der Waals surface area (Å²) in [6.07, 6.45) is 2.51. The van der Waals surface area contributed by atoms with E-state index in [1.165, 1.54) is 10.7 Å².